The lowest BCUT2D eigenvalue weighted by Crippen LogP contribution is -2.42. The zero-order chi connectivity index (χ0) is 10.5. The summed E-state index contributed by atoms with van der Waals surface area (Å²) < 4.78 is 6.55. The van der Waals surface area contributed by atoms with Crippen molar-refractivity contribution >= 4 is 21.7 Å². The second-order valence-electron chi connectivity index (χ2n) is 3.44. The van der Waals surface area contributed by atoms with Gasteiger partial charge >= 0.3 is 0 Å². The third-order valence-corrected chi connectivity index (χ3v) is 2.71. The molecule has 0 amide bonds. The van der Waals surface area contributed by atoms with E-state index < -0.39 is 0 Å². The van der Waals surface area contributed by atoms with E-state index in [9.17, 15) is 0 Å². The van der Waals surface area contributed by atoms with Crippen molar-refractivity contribution in [3.63, 3.8) is 0 Å². The average molecular weight is 272 g/mol. The highest BCUT2D eigenvalue weighted by Crippen LogP contribution is 2.10. The normalized spacial score (nSPS) is 21.3. The van der Waals surface area contributed by atoms with Crippen LogP contribution in [0.3, 0.4) is 0 Å². The van der Waals surface area contributed by atoms with Crippen LogP contribution in [-0.2, 0) is 4.74 Å². The maximum atomic E-state index is 5.56. The van der Waals surface area contributed by atoms with Gasteiger partial charge in [-0.3, -0.25) is 0 Å². The molecule has 2 heterocycles. The third kappa shape index (κ3) is 3.44. The van der Waals surface area contributed by atoms with Crippen LogP contribution in [0.5, 0.6) is 0 Å². The van der Waals surface area contributed by atoms with Gasteiger partial charge in [0.05, 0.1) is 12.7 Å². The molecule has 4 nitrogen and oxygen atoms in total. The SMILES string of the molecule is Brc1ccc(NCC2CNCCO2)nc1. The minimum absolute atomic E-state index is 0.240. The smallest absolute Gasteiger partial charge is 0.126 e. The summed E-state index contributed by atoms with van der Waals surface area (Å²) in [5.41, 5.74) is 0. The van der Waals surface area contributed by atoms with Crippen LogP contribution in [0.2, 0.25) is 0 Å². The van der Waals surface area contributed by atoms with Crippen LogP contribution < -0.4 is 10.6 Å². The summed E-state index contributed by atoms with van der Waals surface area (Å²) in [5.74, 6) is 0.882. The summed E-state index contributed by atoms with van der Waals surface area (Å²) in [7, 11) is 0. The number of nitrogens with one attached hydrogen (secondary N) is 2. The Bertz CT molecular complexity index is 298. The number of anilines is 1. The molecular weight excluding hydrogens is 258 g/mol. The number of morpholine rings is 1. The number of pyridine rings is 1. The predicted molar refractivity (Wildman–Crippen MR) is 63.0 cm³/mol. The third-order valence-electron chi connectivity index (χ3n) is 2.24. The quantitative estimate of drug-likeness (QED) is 0.869. The summed E-state index contributed by atoms with van der Waals surface area (Å²) in [6, 6.07) is 3.91. The number of aromatic nitrogens is 1. The van der Waals surface area contributed by atoms with Crippen LogP contribution in [0.1, 0.15) is 0 Å². The molecule has 0 aliphatic carbocycles. The van der Waals surface area contributed by atoms with Gasteiger partial charge in [-0.1, -0.05) is 0 Å². The Balaban J connectivity index is 1.79. The van der Waals surface area contributed by atoms with Crippen LogP contribution in [0.15, 0.2) is 22.8 Å². The summed E-state index contributed by atoms with van der Waals surface area (Å²) in [5, 5.41) is 6.53. The van der Waals surface area contributed by atoms with Crippen LogP contribution in [0.4, 0.5) is 5.82 Å². The Morgan fingerprint density at radius 3 is 3.20 bits per heavy atom. The highest BCUT2D eigenvalue weighted by Gasteiger charge is 2.12. The predicted octanol–water partition coefficient (Wildman–Crippen LogP) is 1.24. The average Bonchev–Trinajstić information content (AvgIpc) is 2.30. The first-order valence-corrected chi connectivity index (χ1v) is 5.81. The van der Waals surface area contributed by atoms with Crippen molar-refractivity contribution in [2.45, 2.75) is 6.10 Å². The Morgan fingerprint density at radius 1 is 1.60 bits per heavy atom. The van der Waals surface area contributed by atoms with Gasteiger partial charge in [-0.25, -0.2) is 4.98 Å². The second kappa shape index (κ2) is 5.44. The molecule has 0 saturated carbocycles. The fourth-order valence-electron chi connectivity index (χ4n) is 1.45. The Hall–Kier alpha value is -0.650. The van der Waals surface area contributed by atoms with Crippen LogP contribution >= 0.6 is 15.9 Å². The van der Waals surface area contributed by atoms with Crippen molar-refractivity contribution in [2.75, 3.05) is 31.6 Å². The number of rotatable bonds is 3. The first kappa shape index (κ1) is 10.9. The summed E-state index contributed by atoms with van der Waals surface area (Å²) in [6.45, 7) is 3.44. The molecule has 2 N–H and O–H groups in total. The molecule has 2 rings (SSSR count). The Morgan fingerprint density at radius 2 is 2.53 bits per heavy atom. The topological polar surface area (TPSA) is 46.2 Å². The van der Waals surface area contributed by atoms with Crippen molar-refractivity contribution in [3.8, 4) is 0 Å². The van der Waals surface area contributed by atoms with Gasteiger partial charge in [0.15, 0.2) is 0 Å². The van der Waals surface area contributed by atoms with Crippen molar-refractivity contribution < 1.29 is 4.74 Å². The van der Waals surface area contributed by atoms with E-state index in [1.807, 2.05) is 12.1 Å². The van der Waals surface area contributed by atoms with Crippen molar-refractivity contribution in [2.24, 2.45) is 0 Å². The molecule has 1 aliphatic heterocycles. The van der Waals surface area contributed by atoms with Gasteiger partial charge in [0.25, 0.3) is 0 Å². The summed E-state index contributed by atoms with van der Waals surface area (Å²) >= 11 is 3.35. The van der Waals surface area contributed by atoms with E-state index in [4.69, 9.17) is 4.74 Å². The highest BCUT2D eigenvalue weighted by atomic mass is 79.9. The second-order valence-corrected chi connectivity index (χ2v) is 4.36. The summed E-state index contributed by atoms with van der Waals surface area (Å²) in [6.07, 6.45) is 2.02. The van der Waals surface area contributed by atoms with Gasteiger partial charge in [-0.05, 0) is 28.1 Å². The number of hydrogen-bond acceptors (Lipinski definition) is 4. The lowest BCUT2D eigenvalue weighted by Gasteiger charge is -2.23. The standard InChI is InChI=1S/C10H14BrN3O/c11-8-1-2-10(13-5-8)14-7-9-6-12-3-4-15-9/h1-2,5,9,12H,3-4,6-7H2,(H,13,14). The summed E-state index contributed by atoms with van der Waals surface area (Å²) in [4.78, 5) is 4.23. The molecule has 0 spiro atoms. The molecule has 1 fully saturated rings. The first-order valence-electron chi connectivity index (χ1n) is 5.02. The number of nitrogens with zero attached hydrogens (tertiary/aromatic N) is 1. The van der Waals surface area contributed by atoms with Gasteiger partial charge in [0.2, 0.25) is 0 Å². The monoisotopic (exact) mass is 271 g/mol. The van der Waals surface area contributed by atoms with Crippen LogP contribution in [0, 0.1) is 0 Å². The van der Waals surface area contributed by atoms with E-state index in [2.05, 4.69) is 31.5 Å². The maximum Gasteiger partial charge on any atom is 0.126 e. The van der Waals surface area contributed by atoms with E-state index in [0.717, 1.165) is 36.5 Å². The molecule has 82 valence electrons. The molecular formula is C10H14BrN3O. The van der Waals surface area contributed by atoms with Crippen molar-refractivity contribution in [1.82, 2.24) is 10.3 Å². The molecule has 0 radical (unpaired) electrons. The molecule has 0 aromatic carbocycles. The van der Waals surface area contributed by atoms with E-state index >= 15 is 0 Å². The fraction of sp³-hybridized carbons (Fsp3) is 0.500. The van der Waals surface area contributed by atoms with Gasteiger partial charge in [-0.15, -0.1) is 0 Å². The molecule has 1 unspecified atom stereocenters. The van der Waals surface area contributed by atoms with E-state index in [1.54, 1.807) is 6.20 Å². The molecule has 1 atom stereocenters. The maximum absolute atomic E-state index is 5.56. The largest absolute Gasteiger partial charge is 0.374 e. The van der Waals surface area contributed by atoms with E-state index in [-0.39, 0.29) is 6.10 Å². The molecule has 5 heteroatoms. The zero-order valence-electron chi connectivity index (χ0n) is 8.37. The number of hydrogen-bond donors (Lipinski definition) is 2. The van der Waals surface area contributed by atoms with Crippen molar-refractivity contribution in [3.05, 3.63) is 22.8 Å². The lowest BCUT2D eigenvalue weighted by molar-refractivity contribution is 0.0372. The molecule has 1 aliphatic rings. The van der Waals surface area contributed by atoms with Gasteiger partial charge < -0.3 is 15.4 Å². The lowest BCUT2D eigenvalue weighted by atomic mass is 10.3. The molecule has 1 saturated heterocycles. The Kier molecular flexibility index (Phi) is 3.94. The highest BCUT2D eigenvalue weighted by molar-refractivity contribution is 9.10. The van der Waals surface area contributed by atoms with E-state index in [1.165, 1.54) is 0 Å². The van der Waals surface area contributed by atoms with E-state index in [0.29, 0.717) is 0 Å². The van der Waals surface area contributed by atoms with Crippen LogP contribution in [0.25, 0.3) is 0 Å². The molecule has 15 heavy (non-hydrogen) atoms. The Labute approximate surface area is 97.6 Å². The molecule has 1 aromatic rings. The zero-order valence-corrected chi connectivity index (χ0v) is 9.96. The van der Waals surface area contributed by atoms with Gasteiger partial charge in [0.1, 0.15) is 5.82 Å². The van der Waals surface area contributed by atoms with Gasteiger partial charge in [-0.2, -0.15) is 0 Å². The minimum atomic E-state index is 0.240. The molecule has 0 bridgehead atoms. The van der Waals surface area contributed by atoms with Gasteiger partial charge in [0, 0.05) is 30.3 Å². The number of ether oxygens (including phenoxy) is 1. The van der Waals surface area contributed by atoms with Crippen molar-refractivity contribution in [1.29, 1.82) is 0 Å². The fourth-order valence-corrected chi connectivity index (χ4v) is 1.68. The first-order chi connectivity index (χ1) is 7.34. The van der Waals surface area contributed by atoms with Crippen LogP contribution in [-0.4, -0.2) is 37.3 Å². The molecule has 1 aromatic heterocycles. The number of halogens is 1. The minimum Gasteiger partial charge on any atom is -0.374 e.